The molecule has 2 unspecified atom stereocenters. The Morgan fingerprint density at radius 2 is 1.91 bits per heavy atom. The molecule has 0 aliphatic carbocycles. The van der Waals surface area contributed by atoms with Crippen LogP contribution >= 0.6 is 0 Å². The first-order valence-corrected chi connectivity index (χ1v) is 9.15. The maximum atomic E-state index is 12.3. The van der Waals surface area contributed by atoms with Gasteiger partial charge in [0.1, 0.15) is 0 Å². The van der Waals surface area contributed by atoms with E-state index in [1.807, 2.05) is 24.2 Å². The third kappa shape index (κ3) is 8.10. The molecule has 2 atom stereocenters. The summed E-state index contributed by atoms with van der Waals surface area (Å²) in [5.74, 6) is -0.190. The molecule has 1 heterocycles. The van der Waals surface area contributed by atoms with Crippen molar-refractivity contribution >= 4 is 5.97 Å². The largest absolute Gasteiger partial charge is 0.422 e. The van der Waals surface area contributed by atoms with Crippen molar-refractivity contribution < 1.29 is 9.53 Å². The minimum absolute atomic E-state index is 0.0663. The molecule has 0 fully saturated rings. The molecule has 0 saturated heterocycles. The van der Waals surface area contributed by atoms with E-state index in [9.17, 15) is 4.79 Å². The van der Waals surface area contributed by atoms with Gasteiger partial charge in [-0.05, 0) is 12.8 Å². The van der Waals surface area contributed by atoms with Crippen LogP contribution in [0.15, 0.2) is 25.1 Å². The Labute approximate surface area is 142 Å². The van der Waals surface area contributed by atoms with E-state index in [-0.39, 0.29) is 18.2 Å². The average molecular weight is 322 g/mol. The van der Waals surface area contributed by atoms with Gasteiger partial charge in [0.15, 0.2) is 0 Å². The molecular formula is C19H34N2O2. The molecule has 1 aliphatic heterocycles. The van der Waals surface area contributed by atoms with Crippen LogP contribution < -0.4 is 5.32 Å². The van der Waals surface area contributed by atoms with E-state index < -0.39 is 0 Å². The second kappa shape index (κ2) is 12.0. The van der Waals surface area contributed by atoms with Gasteiger partial charge in [0.2, 0.25) is 0 Å². The first kappa shape index (κ1) is 19.6. The number of esters is 1. The van der Waals surface area contributed by atoms with Gasteiger partial charge in [0, 0.05) is 19.4 Å². The Balaban J connectivity index is 2.18. The maximum Gasteiger partial charge on any atom is 0.312 e. The van der Waals surface area contributed by atoms with E-state index >= 15 is 0 Å². The molecule has 0 aromatic rings. The standard InChI is InChI=1S/C19H34N2O2/c1-4-6-7-8-9-10-11-12-14-17(13-5-2)18(22)23-19-20-15-16-21(19)3/h5,15-17,19-20H,2,4,6-14H2,1,3H3. The molecule has 0 aromatic heterocycles. The molecular weight excluding hydrogens is 288 g/mol. The number of nitrogens with zero attached hydrogens (tertiary/aromatic N) is 1. The molecule has 0 saturated carbocycles. The van der Waals surface area contributed by atoms with Crippen LogP contribution in [0.1, 0.15) is 71.1 Å². The lowest BCUT2D eigenvalue weighted by atomic mass is 9.97. The molecule has 1 N–H and O–H groups in total. The topological polar surface area (TPSA) is 41.6 Å². The number of unbranched alkanes of at least 4 members (excludes halogenated alkanes) is 7. The lowest BCUT2D eigenvalue weighted by Crippen LogP contribution is -2.38. The zero-order chi connectivity index (χ0) is 16.9. The monoisotopic (exact) mass is 322 g/mol. The van der Waals surface area contributed by atoms with Gasteiger partial charge < -0.3 is 15.0 Å². The highest BCUT2D eigenvalue weighted by molar-refractivity contribution is 5.72. The molecule has 0 aromatic carbocycles. The molecule has 23 heavy (non-hydrogen) atoms. The van der Waals surface area contributed by atoms with Crippen molar-refractivity contribution in [2.24, 2.45) is 5.92 Å². The van der Waals surface area contributed by atoms with E-state index in [1.54, 1.807) is 6.20 Å². The number of hydrogen-bond donors (Lipinski definition) is 1. The third-order valence-corrected chi connectivity index (χ3v) is 4.34. The second-order valence-electron chi connectivity index (χ2n) is 6.42. The van der Waals surface area contributed by atoms with Crippen LogP contribution in [0.2, 0.25) is 0 Å². The van der Waals surface area contributed by atoms with Crippen molar-refractivity contribution in [3.63, 3.8) is 0 Å². The number of rotatable bonds is 13. The van der Waals surface area contributed by atoms with Gasteiger partial charge in [-0.2, -0.15) is 0 Å². The van der Waals surface area contributed by atoms with Crippen LogP contribution in [-0.4, -0.2) is 24.3 Å². The zero-order valence-corrected chi connectivity index (χ0v) is 14.9. The molecule has 0 bridgehead atoms. The Hall–Kier alpha value is -1.45. The summed E-state index contributed by atoms with van der Waals surface area (Å²) in [6.45, 7) is 6.01. The lowest BCUT2D eigenvalue weighted by molar-refractivity contribution is -0.161. The molecule has 132 valence electrons. The highest BCUT2D eigenvalue weighted by Crippen LogP contribution is 2.19. The fourth-order valence-corrected chi connectivity index (χ4v) is 2.82. The molecule has 0 radical (unpaired) electrons. The van der Waals surface area contributed by atoms with Crippen LogP contribution in [0.25, 0.3) is 0 Å². The normalized spacial score (nSPS) is 17.8. The highest BCUT2D eigenvalue weighted by atomic mass is 16.6. The number of nitrogens with one attached hydrogen (secondary N) is 1. The smallest absolute Gasteiger partial charge is 0.312 e. The van der Waals surface area contributed by atoms with E-state index in [0.29, 0.717) is 6.42 Å². The summed E-state index contributed by atoms with van der Waals surface area (Å²) in [6, 6.07) is 0. The van der Waals surface area contributed by atoms with Crippen LogP contribution in [-0.2, 0) is 9.53 Å². The average Bonchev–Trinajstić information content (AvgIpc) is 2.94. The Morgan fingerprint density at radius 1 is 1.26 bits per heavy atom. The quantitative estimate of drug-likeness (QED) is 0.307. The second-order valence-corrected chi connectivity index (χ2v) is 6.42. The van der Waals surface area contributed by atoms with E-state index in [4.69, 9.17) is 4.74 Å². The summed E-state index contributed by atoms with van der Waals surface area (Å²) in [5, 5.41) is 3.01. The predicted octanol–water partition coefficient (Wildman–Crippen LogP) is 4.54. The minimum atomic E-state index is -0.367. The van der Waals surface area contributed by atoms with E-state index in [1.165, 1.54) is 44.9 Å². The molecule has 4 heteroatoms. The summed E-state index contributed by atoms with van der Waals surface area (Å²) in [6.07, 6.45) is 16.9. The van der Waals surface area contributed by atoms with Gasteiger partial charge >= 0.3 is 5.97 Å². The molecule has 4 nitrogen and oxygen atoms in total. The number of ether oxygens (including phenoxy) is 1. The van der Waals surface area contributed by atoms with E-state index in [0.717, 1.165) is 12.8 Å². The zero-order valence-electron chi connectivity index (χ0n) is 14.9. The van der Waals surface area contributed by atoms with Crippen LogP contribution in [0.4, 0.5) is 0 Å². The van der Waals surface area contributed by atoms with Crippen molar-refractivity contribution in [2.75, 3.05) is 7.05 Å². The Morgan fingerprint density at radius 3 is 2.48 bits per heavy atom. The lowest BCUT2D eigenvalue weighted by Gasteiger charge is -2.23. The molecule has 0 spiro atoms. The summed E-state index contributed by atoms with van der Waals surface area (Å²) in [5.41, 5.74) is 0. The Kier molecular flexibility index (Phi) is 10.3. The first-order chi connectivity index (χ1) is 11.2. The Bertz CT molecular complexity index is 368. The van der Waals surface area contributed by atoms with Gasteiger partial charge in [-0.3, -0.25) is 4.79 Å². The van der Waals surface area contributed by atoms with Gasteiger partial charge in [-0.25, -0.2) is 0 Å². The number of hydrogen-bond acceptors (Lipinski definition) is 4. The SMILES string of the molecule is C=CCC(CCCCCCCCCC)C(=O)OC1NC=CN1C. The van der Waals surface area contributed by atoms with Crippen molar-refractivity contribution in [1.82, 2.24) is 10.2 Å². The van der Waals surface area contributed by atoms with E-state index in [2.05, 4.69) is 18.8 Å². The van der Waals surface area contributed by atoms with Gasteiger partial charge in [0.05, 0.1) is 5.92 Å². The fourth-order valence-electron chi connectivity index (χ4n) is 2.82. The summed E-state index contributed by atoms with van der Waals surface area (Å²) in [4.78, 5) is 14.2. The summed E-state index contributed by atoms with van der Waals surface area (Å²) >= 11 is 0. The number of carbonyl (C=O) groups excluding carboxylic acids is 1. The maximum absolute atomic E-state index is 12.3. The number of allylic oxidation sites excluding steroid dienone is 1. The molecule has 1 rings (SSSR count). The van der Waals surface area contributed by atoms with Crippen LogP contribution in [0, 0.1) is 5.92 Å². The highest BCUT2D eigenvalue weighted by Gasteiger charge is 2.24. The van der Waals surface area contributed by atoms with Crippen LogP contribution in [0.5, 0.6) is 0 Å². The minimum Gasteiger partial charge on any atom is -0.422 e. The van der Waals surface area contributed by atoms with Crippen molar-refractivity contribution in [3.05, 3.63) is 25.1 Å². The van der Waals surface area contributed by atoms with Crippen molar-refractivity contribution in [3.8, 4) is 0 Å². The predicted molar refractivity (Wildman–Crippen MR) is 95.4 cm³/mol. The summed E-state index contributed by atoms with van der Waals surface area (Å²) < 4.78 is 5.53. The fraction of sp³-hybridized carbons (Fsp3) is 0.737. The third-order valence-electron chi connectivity index (χ3n) is 4.34. The van der Waals surface area contributed by atoms with Gasteiger partial charge in [-0.1, -0.05) is 64.4 Å². The van der Waals surface area contributed by atoms with Gasteiger partial charge in [0.25, 0.3) is 6.35 Å². The first-order valence-electron chi connectivity index (χ1n) is 9.15. The summed E-state index contributed by atoms with van der Waals surface area (Å²) in [7, 11) is 1.88. The molecule has 1 aliphatic rings. The van der Waals surface area contributed by atoms with Gasteiger partial charge in [-0.15, -0.1) is 6.58 Å². The van der Waals surface area contributed by atoms with Crippen LogP contribution in [0.3, 0.4) is 0 Å². The van der Waals surface area contributed by atoms with Crippen molar-refractivity contribution in [2.45, 2.75) is 77.5 Å². The molecule has 0 amide bonds. The number of carbonyl (C=O) groups is 1. The van der Waals surface area contributed by atoms with Crippen molar-refractivity contribution in [1.29, 1.82) is 0 Å².